The molecular formula is C15H16N4O2. The summed E-state index contributed by atoms with van der Waals surface area (Å²) in [5, 5.41) is 4.55. The molecule has 0 spiro atoms. The molecule has 1 atom stereocenters. The van der Waals surface area contributed by atoms with E-state index in [1.54, 1.807) is 6.92 Å². The lowest BCUT2D eigenvalue weighted by Gasteiger charge is -2.21. The van der Waals surface area contributed by atoms with Crippen LogP contribution in [0.3, 0.4) is 0 Å². The molecule has 1 unspecified atom stereocenters. The normalized spacial score (nSPS) is 20.0. The lowest BCUT2D eigenvalue weighted by atomic mass is 9.97. The van der Waals surface area contributed by atoms with Gasteiger partial charge in [-0.05, 0) is 43.5 Å². The molecule has 2 heterocycles. The predicted molar refractivity (Wildman–Crippen MR) is 80.8 cm³/mol. The molecule has 3 rings (SSSR count). The average Bonchev–Trinajstić information content (AvgIpc) is 2.76. The highest BCUT2D eigenvalue weighted by Crippen LogP contribution is 2.41. The van der Waals surface area contributed by atoms with Crippen LogP contribution >= 0.6 is 0 Å². The van der Waals surface area contributed by atoms with Crippen molar-refractivity contribution in [3.8, 4) is 5.75 Å². The van der Waals surface area contributed by atoms with Crippen LogP contribution in [0.1, 0.15) is 23.6 Å². The molecule has 0 radical (unpaired) electrons. The quantitative estimate of drug-likeness (QED) is 0.521. The van der Waals surface area contributed by atoms with E-state index in [0.29, 0.717) is 12.0 Å². The summed E-state index contributed by atoms with van der Waals surface area (Å²) in [5.74, 6) is 0.783. The van der Waals surface area contributed by atoms with Crippen molar-refractivity contribution >= 4 is 10.9 Å². The molecule has 0 aliphatic carbocycles. The van der Waals surface area contributed by atoms with Gasteiger partial charge in [-0.3, -0.25) is 4.79 Å². The highest BCUT2D eigenvalue weighted by Gasteiger charge is 2.35. The van der Waals surface area contributed by atoms with Gasteiger partial charge in [-0.2, -0.15) is 0 Å². The summed E-state index contributed by atoms with van der Waals surface area (Å²) in [6.07, 6.45) is 0.691. The van der Waals surface area contributed by atoms with E-state index in [2.05, 4.69) is 15.0 Å². The Bertz CT molecular complexity index is 849. The number of H-pyrrole nitrogens is 1. The number of nitrogens with one attached hydrogen (secondary N) is 1. The van der Waals surface area contributed by atoms with Crippen molar-refractivity contribution in [2.45, 2.75) is 32.8 Å². The van der Waals surface area contributed by atoms with E-state index in [4.69, 9.17) is 10.3 Å². The topological polar surface area (TPSA) is 90.9 Å². The molecule has 108 valence electrons. The van der Waals surface area contributed by atoms with Crippen LogP contribution in [0.4, 0.5) is 0 Å². The third-order valence-corrected chi connectivity index (χ3v) is 3.93. The smallest absolute Gasteiger partial charge is 0.251 e. The number of fused-ring (bicyclic) bond motifs is 3. The minimum atomic E-state index is -0.528. The number of pyridine rings is 1. The summed E-state index contributed by atoms with van der Waals surface area (Å²) in [6, 6.07) is 3.89. The Hall–Kier alpha value is -2.46. The molecule has 0 saturated heterocycles. The second kappa shape index (κ2) is 4.53. The van der Waals surface area contributed by atoms with Crippen molar-refractivity contribution in [3.63, 3.8) is 0 Å². The molecule has 0 amide bonds. The number of azide groups is 1. The van der Waals surface area contributed by atoms with Gasteiger partial charge < -0.3 is 9.72 Å². The third-order valence-electron chi connectivity index (χ3n) is 3.93. The van der Waals surface area contributed by atoms with Crippen molar-refractivity contribution in [2.24, 2.45) is 5.11 Å². The number of aryl methyl sites for hydroxylation is 2. The van der Waals surface area contributed by atoms with E-state index in [-0.39, 0.29) is 12.1 Å². The fraction of sp³-hybridized carbons (Fsp3) is 0.400. The molecule has 6 heteroatoms. The van der Waals surface area contributed by atoms with E-state index in [0.717, 1.165) is 27.8 Å². The molecule has 0 saturated carbocycles. The number of nitrogens with zero attached hydrogens (tertiary/aromatic N) is 3. The fourth-order valence-electron chi connectivity index (χ4n) is 2.90. The summed E-state index contributed by atoms with van der Waals surface area (Å²) in [7, 11) is 0. The van der Waals surface area contributed by atoms with Gasteiger partial charge in [0.15, 0.2) is 0 Å². The van der Waals surface area contributed by atoms with Crippen LogP contribution < -0.4 is 10.3 Å². The number of hydrogen-bond acceptors (Lipinski definition) is 3. The van der Waals surface area contributed by atoms with Crippen molar-refractivity contribution < 1.29 is 4.74 Å². The SMILES string of the molecule is Cc1cc2c3c(cc(C)c2[nH]c1=O)CC(C)(CN=[N+]=[N-])O3. The standard InChI is InChI=1S/C15H16N4O2/c1-8-4-10-6-15(3,7-17-19-16)21-13(10)11-5-9(2)14(20)18-12(8)11/h4-5H,6-7H2,1-3H3,(H,18,20). The first-order valence-electron chi connectivity index (χ1n) is 6.79. The van der Waals surface area contributed by atoms with Gasteiger partial charge in [0.2, 0.25) is 0 Å². The van der Waals surface area contributed by atoms with Gasteiger partial charge >= 0.3 is 0 Å². The van der Waals surface area contributed by atoms with Gasteiger partial charge in [-0.25, -0.2) is 0 Å². The first kappa shape index (κ1) is 13.5. The highest BCUT2D eigenvalue weighted by atomic mass is 16.5. The zero-order chi connectivity index (χ0) is 15.2. The molecular weight excluding hydrogens is 268 g/mol. The van der Waals surface area contributed by atoms with Gasteiger partial charge in [0.05, 0.1) is 12.1 Å². The molecule has 2 aromatic rings. The zero-order valence-corrected chi connectivity index (χ0v) is 12.2. The summed E-state index contributed by atoms with van der Waals surface area (Å²) < 4.78 is 6.07. The van der Waals surface area contributed by atoms with Crippen LogP contribution in [0, 0.1) is 13.8 Å². The maximum atomic E-state index is 11.8. The molecule has 0 bridgehead atoms. The molecule has 1 aromatic heterocycles. The average molecular weight is 284 g/mol. The summed E-state index contributed by atoms with van der Waals surface area (Å²) in [5.41, 5.74) is 11.4. The largest absolute Gasteiger partial charge is 0.486 e. The summed E-state index contributed by atoms with van der Waals surface area (Å²) in [6.45, 7) is 5.96. The van der Waals surface area contributed by atoms with Crippen molar-refractivity contribution in [2.75, 3.05) is 6.54 Å². The number of aromatic nitrogens is 1. The third kappa shape index (κ3) is 2.14. The van der Waals surface area contributed by atoms with Gasteiger partial charge in [0.1, 0.15) is 11.4 Å². The first-order chi connectivity index (χ1) is 9.93. The molecule has 1 N–H and O–H groups in total. The van der Waals surface area contributed by atoms with E-state index >= 15 is 0 Å². The molecule has 1 aromatic carbocycles. The second-order valence-electron chi connectivity index (χ2n) is 5.87. The van der Waals surface area contributed by atoms with E-state index < -0.39 is 5.60 Å². The first-order valence-corrected chi connectivity index (χ1v) is 6.79. The molecule has 1 aliphatic heterocycles. The van der Waals surface area contributed by atoms with E-state index in [1.807, 2.05) is 26.0 Å². The maximum Gasteiger partial charge on any atom is 0.251 e. The Kier molecular flexibility index (Phi) is 2.92. The second-order valence-corrected chi connectivity index (χ2v) is 5.87. The van der Waals surface area contributed by atoms with Crippen LogP contribution in [0.15, 0.2) is 22.0 Å². The number of rotatable bonds is 2. The van der Waals surface area contributed by atoms with Crippen LogP contribution in [0.2, 0.25) is 0 Å². The van der Waals surface area contributed by atoms with Gasteiger partial charge in [-0.15, -0.1) is 0 Å². The van der Waals surface area contributed by atoms with Gasteiger partial charge in [-0.1, -0.05) is 11.2 Å². The Morgan fingerprint density at radius 1 is 1.43 bits per heavy atom. The predicted octanol–water partition coefficient (Wildman–Crippen LogP) is 3.15. The Labute approximate surface area is 121 Å². The molecule has 0 fully saturated rings. The van der Waals surface area contributed by atoms with Crippen LogP contribution in [0.5, 0.6) is 5.75 Å². The highest BCUT2D eigenvalue weighted by molar-refractivity contribution is 5.90. The number of benzene rings is 1. The minimum Gasteiger partial charge on any atom is -0.486 e. The summed E-state index contributed by atoms with van der Waals surface area (Å²) >= 11 is 0. The minimum absolute atomic E-state index is 0.0830. The van der Waals surface area contributed by atoms with Crippen LogP contribution in [-0.4, -0.2) is 17.1 Å². The number of hydrogen-bond donors (Lipinski definition) is 1. The lowest BCUT2D eigenvalue weighted by Crippen LogP contribution is -2.33. The Morgan fingerprint density at radius 2 is 2.19 bits per heavy atom. The van der Waals surface area contributed by atoms with Gasteiger partial charge in [0.25, 0.3) is 5.56 Å². The van der Waals surface area contributed by atoms with Crippen LogP contribution in [-0.2, 0) is 6.42 Å². The number of ether oxygens (including phenoxy) is 1. The van der Waals surface area contributed by atoms with Crippen molar-refractivity contribution in [1.82, 2.24) is 4.98 Å². The van der Waals surface area contributed by atoms with E-state index in [9.17, 15) is 4.79 Å². The molecule has 21 heavy (non-hydrogen) atoms. The van der Waals surface area contributed by atoms with Gasteiger partial charge in [0, 0.05) is 22.3 Å². The van der Waals surface area contributed by atoms with Crippen molar-refractivity contribution in [3.05, 3.63) is 49.6 Å². The Balaban J connectivity index is 2.20. The van der Waals surface area contributed by atoms with Crippen LogP contribution in [0.25, 0.3) is 21.3 Å². The monoisotopic (exact) mass is 284 g/mol. The fourth-order valence-corrected chi connectivity index (χ4v) is 2.90. The van der Waals surface area contributed by atoms with Crippen molar-refractivity contribution in [1.29, 1.82) is 0 Å². The Morgan fingerprint density at radius 3 is 2.90 bits per heavy atom. The molecule has 6 nitrogen and oxygen atoms in total. The lowest BCUT2D eigenvalue weighted by molar-refractivity contribution is 0.127. The van der Waals surface area contributed by atoms with E-state index in [1.165, 1.54) is 0 Å². The maximum absolute atomic E-state index is 11.8. The summed E-state index contributed by atoms with van der Waals surface area (Å²) in [4.78, 5) is 17.5. The zero-order valence-electron chi connectivity index (χ0n) is 12.2. The molecule has 1 aliphatic rings. The number of aromatic amines is 1.